The van der Waals surface area contributed by atoms with Crippen LogP contribution in [-0.2, 0) is 0 Å². The Bertz CT molecular complexity index is 590. The van der Waals surface area contributed by atoms with Gasteiger partial charge in [0.1, 0.15) is 0 Å². The van der Waals surface area contributed by atoms with Crippen LogP contribution in [0.1, 0.15) is 32.7 Å². The molecule has 0 saturated heterocycles. The predicted molar refractivity (Wildman–Crippen MR) is 82.1 cm³/mol. The molecule has 1 unspecified atom stereocenters. The summed E-state index contributed by atoms with van der Waals surface area (Å²) in [7, 11) is 1.91. The van der Waals surface area contributed by atoms with Crippen LogP contribution in [0.25, 0.3) is 11.4 Å². The summed E-state index contributed by atoms with van der Waals surface area (Å²) in [6.45, 7) is 6.00. The number of hydrogen-bond donors (Lipinski definition) is 1. The zero-order chi connectivity index (χ0) is 15.6. The minimum atomic E-state index is -0.776. The van der Waals surface area contributed by atoms with E-state index in [4.69, 9.17) is 16.1 Å². The standard InChI is InChI=1S/C15H20ClN3O2/c1-10(19(4)9-15(2,3)20)14-17-13(18-21-14)11-5-7-12(16)8-6-11/h5-8,10,20H,9H2,1-4H3. The molecule has 0 bridgehead atoms. The highest BCUT2D eigenvalue weighted by molar-refractivity contribution is 6.30. The average Bonchev–Trinajstić information content (AvgIpc) is 2.86. The maximum absolute atomic E-state index is 9.87. The molecule has 1 aromatic carbocycles. The van der Waals surface area contributed by atoms with Crippen molar-refractivity contribution in [1.82, 2.24) is 15.0 Å². The van der Waals surface area contributed by atoms with Gasteiger partial charge < -0.3 is 9.63 Å². The van der Waals surface area contributed by atoms with Crippen molar-refractivity contribution in [1.29, 1.82) is 0 Å². The number of rotatable bonds is 5. The fourth-order valence-electron chi connectivity index (χ4n) is 2.06. The van der Waals surface area contributed by atoms with Crippen LogP contribution in [0, 0.1) is 0 Å². The van der Waals surface area contributed by atoms with Crippen LogP contribution in [-0.4, -0.2) is 39.3 Å². The molecule has 114 valence electrons. The van der Waals surface area contributed by atoms with E-state index in [0.29, 0.717) is 23.3 Å². The smallest absolute Gasteiger partial charge is 0.244 e. The number of nitrogens with zero attached hydrogens (tertiary/aromatic N) is 3. The quantitative estimate of drug-likeness (QED) is 0.919. The molecule has 0 spiro atoms. The molecule has 1 aromatic heterocycles. The van der Waals surface area contributed by atoms with Gasteiger partial charge in [0.05, 0.1) is 11.6 Å². The number of aliphatic hydroxyl groups is 1. The van der Waals surface area contributed by atoms with Crippen LogP contribution in [0.3, 0.4) is 0 Å². The Kier molecular flexibility index (Phi) is 4.66. The fraction of sp³-hybridized carbons (Fsp3) is 0.467. The molecule has 2 rings (SSSR count). The Balaban J connectivity index is 2.14. The summed E-state index contributed by atoms with van der Waals surface area (Å²) in [5, 5.41) is 14.5. The van der Waals surface area contributed by atoms with Crippen molar-refractivity contribution in [2.75, 3.05) is 13.6 Å². The van der Waals surface area contributed by atoms with Gasteiger partial charge in [-0.25, -0.2) is 0 Å². The van der Waals surface area contributed by atoms with E-state index in [1.165, 1.54) is 0 Å². The first-order valence-electron chi connectivity index (χ1n) is 6.78. The molecule has 21 heavy (non-hydrogen) atoms. The van der Waals surface area contributed by atoms with Crippen LogP contribution >= 0.6 is 11.6 Å². The monoisotopic (exact) mass is 309 g/mol. The van der Waals surface area contributed by atoms with Crippen molar-refractivity contribution in [3.8, 4) is 11.4 Å². The first-order valence-corrected chi connectivity index (χ1v) is 7.16. The van der Waals surface area contributed by atoms with Gasteiger partial charge in [-0.3, -0.25) is 4.90 Å². The molecule has 1 heterocycles. The molecule has 1 atom stereocenters. The minimum absolute atomic E-state index is 0.0787. The SMILES string of the molecule is CC(c1nc(-c2ccc(Cl)cc2)no1)N(C)CC(C)(C)O. The molecular weight excluding hydrogens is 290 g/mol. The molecule has 5 nitrogen and oxygen atoms in total. The zero-order valence-electron chi connectivity index (χ0n) is 12.7. The minimum Gasteiger partial charge on any atom is -0.389 e. The number of halogens is 1. The Morgan fingerprint density at radius 1 is 1.33 bits per heavy atom. The van der Waals surface area contributed by atoms with E-state index in [2.05, 4.69) is 10.1 Å². The van der Waals surface area contributed by atoms with Crippen molar-refractivity contribution >= 4 is 11.6 Å². The first kappa shape index (κ1) is 15.9. The summed E-state index contributed by atoms with van der Waals surface area (Å²) in [6.07, 6.45) is 0. The maximum atomic E-state index is 9.87. The lowest BCUT2D eigenvalue weighted by atomic mass is 10.1. The lowest BCUT2D eigenvalue weighted by Crippen LogP contribution is -2.37. The normalized spacial score (nSPS) is 13.7. The van der Waals surface area contributed by atoms with Crippen molar-refractivity contribution in [3.63, 3.8) is 0 Å². The van der Waals surface area contributed by atoms with Crippen LogP contribution < -0.4 is 0 Å². The zero-order valence-corrected chi connectivity index (χ0v) is 13.4. The summed E-state index contributed by atoms with van der Waals surface area (Å²) >= 11 is 5.86. The van der Waals surface area contributed by atoms with E-state index in [-0.39, 0.29) is 6.04 Å². The number of aromatic nitrogens is 2. The first-order chi connectivity index (χ1) is 9.76. The van der Waals surface area contributed by atoms with Crippen LogP contribution in [0.15, 0.2) is 28.8 Å². The lowest BCUT2D eigenvalue weighted by molar-refractivity contribution is 0.0289. The molecule has 1 N–H and O–H groups in total. The van der Waals surface area contributed by atoms with Gasteiger partial charge >= 0.3 is 0 Å². The fourth-order valence-corrected chi connectivity index (χ4v) is 2.18. The molecule has 0 aliphatic heterocycles. The Hall–Kier alpha value is -1.43. The summed E-state index contributed by atoms with van der Waals surface area (Å²) < 4.78 is 5.33. The van der Waals surface area contributed by atoms with Crippen LogP contribution in [0.5, 0.6) is 0 Å². The molecule has 6 heteroatoms. The van der Waals surface area contributed by atoms with E-state index >= 15 is 0 Å². The second kappa shape index (κ2) is 6.13. The van der Waals surface area contributed by atoms with E-state index in [1.54, 1.807) is 26.0 Å². The molecule has 0 fully saturated rings. The van der Waals surface area contributed by atoms with Gasteiger partial charge in [-0.2, -0.15) is 4.98 Å². The van der Waals surface area contributed by atoms with Crippen molar-refractivity contribution in [3.05, 3.63) is 35.2 Å². The highest BCUT2D eigenvalue weighted by Gasteiger charge is 2.24. The van der Waals surface area contributed by atoms with Gasteiger partial charge in [0.2, 0.25) is 11.7 Å². The van der Waals surface area contributed by atoms with Crippen molar-refractivity contribution in [2.24, 2.45) is 0 Å². The predicted octanol–water partition coefficient (Wildman–Crippen LogP) is 3.15. The van der Waals surface area contributed by atoms with E-state index < -0.39 is 5.60 Å². The largest absolute Gasteiger partial charge is 0.389 e. The van der Waals surface area contributed by atoms with E-state index in [1.807, 2.05) is 31.0 Å². The number of hydrogen-bond acceptors (Lipinski definition) is 5. The summed E-state index contributed by atoms with van der Waals surface area (Å²) in [6, 6.07) is 7.20. The van der Waals surface area contributed by atoms with Gasteiger partial charge in [0.25, 0.3) is 0 Å². The molecule has 0 aliphatic rings. The summed E-state index contributed by atoms with van der Waals surface area (Å²) in [5.41, 5.74) is 0.0777. The molecular formula is C15H20ClN3O2. The second-order valence-corrected chi connectivity index (χ2v) is 6.30. The van der Waals surface area contributed by atoms with Crippen molar-refractivity contribution < 1.29 is 9.63 Å². The summed E-state index contributed by atoms with van der Waals surface area (Å²) in [5.74, 6) is 1.05. The number of benzene rings is 1. The van der Waals surface area contributed by atoms with Gasteiger partial charge in [-0.05, 0) is 52.1 Å². The van der Waals surface area contributed by atoms with E-state index in [0.717, 1.165) is 5.56 Å². The second-order valence-electron chi connectivity index (χ2n) is 5.87. The van der Waals surface area contributed by atoms with Gasteiger partial charge in [0, 0.05) is 17.1 Å². The average molecular weight is 310 g/mol. The Labute approximate surface area is 129 Å². The molecule has 2 aromatic rings. The van der Waals surface area contributed by atoms with E-state index in [9.17, 15) is 5.11 Å². The maximum Gasteiger partial charge on any atom is 0.244 e. The van der Waals surface area contributed by atoms with Crippen LogP contribution in [0.4, 0.5) is 0 Å². The Morgan fingerprint density at radius 2 is 1.95 bits per heavy atom. The molecule has 0 aliphatic carbocycles. The summed E-state index contributed by atoms with van der Waals surface area (Å²) in [4.78, 5) is 6.39. The van der Waals surface area contributed by atoms with Gasteiger partial charge in [-0.1, -0.05) is 16.8 Å². The molecule has 0 saturated carbocycles. The molecule has 0 amide bonds. The third kappa shape index (κ3) is 4.27. The Morgan fingerprint density at radius 3 is 2.52 bits per heavy atom. The van der Waals surface area contributed by atoms with Gasteiger partial charge in [-0.15, -0.1) is 0 Å². The van der Waals surface area contributed by atoms with Crippen molar-refractivity contribution in [2.45, 2.75) is 32.4 Å². The topological polar surface area (TPSA) is 62.4 Å². The number of likely N-dealkylation sites (N-methyl/N-ethyl adjacent to an activating group) is 1. The van der Waals surface area contributed by atoms with Gasteiger partial charge in [0.15, 0.2) is 0 Å². The molecule has 0 radical (unpaired) electrons. The highest BCUT2D eigenvalue weighted by atomic mass is 35.5. The van der Waals surface area contributed by atoms with Crippen LogP contribution in [0.2, 0.25) is 5.02 Å². The third-order valence-corrected chi connectivity index (χ3v) is 3.45. The highest BCUT2D eigenvalue weighted by Crippen LogP contribution is 2.23. The third-order valence-electron chi connectivity index (χ3n) is 3.20. The lowest BCUT2D eigenvalue weighted by Gasteiger charge is -2.28.